The van der Waals surface area contributed by atoms with Crippen LogP contribution in [-0.4, -0.2) is 16.0 Å². The zero-order valence-electron chi connectivity index (χ0n) is 16.9. The van der Waals surface area contributed by atoms with Crippen molar-refractivity contribution in [3.63, 3.8) is 0 Å². The van der Waals surface area contributed by atoms with Crippen LogP contribution in [0.4, 0.5) is 0 Å². The number of halogens is 1. The third-order valence-electron chi connectivity index (χ3n) is 5.53. The lowest BCUT2D eigenvalue weighted by Gasteiger charge is -2.31. The zero-order valence-corrected chi connectivity index (χ0v) is 17.6. The lowest BCUT2D eigenvalue weighted by molar-refractivity contribution is 0.0889. The number of ketones is 1. The number of rotatable bonds is 6. The van der Waals surface area contributed by atoms with Gasteiger partial charge in [0.25, 0.3) is 0 Å². The number of carbonyl (C=O) groups excluding carboxylic acids is 1. The molecule has 2 atom stereocenters. The van der Waals surface area contributed by atoms with Gasteiger partial charge in [0.05, 0.1) is 0 Å². The SMILES string of the molecule is CC(C)=CCCC1=CC[C@H](C(=O)c2c(O)cccc2O)[C@@H](c2cccc(Cl)c2)C1. The van der Waals surface area contributed by atoms with Crippen LogP contribution < -0.4 is 0 Å². The van der Waals surface area contributed by atoms with Crippen LogP contribution in [0.2, 0.25) is 5.02 Å². The first kappa shape index (κ1) is 21.2. The number of aromatic hydroxyl groups is 2. The lowest BCUT2D eigenvalue weighted by Crippen LogP contribution is -2.26. The second-order valence-corrected chi connectivity index (χ2v) is 8.36. The van der Waals surface area contributed by atoms with Crippen LogP contribution in [0.5, 0.6) is 11.5 Å². The van der Waals surface area contributed by atoms with E-state index in [0.29, 0.717) is 11.4 Å². The fourth-order valence-corrected chi connectivity index (χ4v) is 4.26. The van der Waals surface area contributed by atoms with Gasteiger partial charge in [0, 0.05) is 10.9 Å². The summed E-state index contributed by atoms with van der Waals surface area (Å²) < 4.78 is 0. The number of hydrogen-bond acceptors (Lipinski definition) is 3. The van der Waals surface area contributed by atoms with Gasteiger partial charge in [-0.3, -0.25) is 4.79 Å². The minimum absolute atomic E-state index is 0.00548. The third-order valence-corrected chi connectivity index (χ3v) is 5.76. The number of benzene rings is 2. The van der Waals surface area contributed by atoms with Gasteiger partial charge in [-0.05, 0) is 75.3 Å². The Kier molecular flexibility index (Phi) is 6.81. The van der Waals surface area contributed by atoms with Crippen molar-refractivity contribution >= 4 is 17.4 Å². The van der Waals surface area contributed by atoms with Gasteiger partial charge in [-0.2, -0.15) is 0 Å². The molecule has 3 rings (SSSR count). The predicted molar refractivity (Wildman–Crippen MR) is 118 cm³/mol. The molecule has 0 fully saturated rings. The van der Waals surface area contributed by atoms with Gasteiger partial charge >= 0.3 is 0 Å². The number of carbonyl (C=O) groups is 1. The minimum Gasteiger partial charge on any atom is -0.507 e. The van der Waals surface area contributed by atoms with E-state index >= 15 is 0 Å². The molecule has 0 aliphatic heterocycles. The molecule has 2 aromatic carbocycles. The molecular weight excluding hydrogens is 384 g/mol. The summed E-state index contributed by atoms with van der Waals surface area (Å²) in [4.78, 5) is 13.3. The maximum Gasteiger partial charge on any atom is 0.174 e. The second-order valence-electron chi connectivity index (χ2n) is 7.93. The van der Waals surface area contributed by atoms with Crippen LogP contribution in [-0.2, 0) is 0 Å². The van der Waals surface area contributed by atoms with Crippen molar-refractivity contribution < 1.29 is 15.0 Å². The van der Waals surface area contributed by atoms with Crippen molar-refractivity contribution in [3.8, 4) is 11.5 Å². The molecule has 0 amide bonds. The summed E-state index contributed by atoms with van der Waals surface area (Å²) in [6.07, 6.45) is 7.67. The highest BCUT2D eigenvalue weighted by molar-refractivity contribution is 6.30. The Balaban J connectivity index is 1.94. The molecule has 0 saturated carbocycles. The van der Waals surface area contributed by atoms with E-state index in [9.17, 15) is 15.0 Å². The van der Waals surface area contributed by atoms with Gasteiger partial charge in [-0.25, -0.2) is 0 Å². The quantitative estimate of drug-likeness (QED) is 0.406. The van der Waals surface area contributed by atoms with E-state index < -0.39 is 0 Å². The van der Waals surface area contributed by atoms with Crippen LogP contribution in [0.3, 0.4) is 0 Å². The van der Waals surface area contributed by atoms with Crippen molar-refractivity contribution in [3.05, 3.63) is 81.9 Å². The normalized spacial score (nSPS) is 18.8. The molecule has 0 unspecified atom stereocenters. The van der Waals surface area contributed by atoms with E-state index in [0.717, 1.165) is 24.8 Å². The third kappa shape index (κ3) is 5.10. The maximum absolute atomic E-state index is 13.3. The molecule has 1 aliphatic rings. The second kappa shape index (κ2) is 9.32. The van der Waals surface area contributed by atoms with E-state index in [-0.39, 0.29) is 34.7 Å². The Labute approximate surface area is 177 Å². The minimum atomic E-state index is -0.361. The van der Waals surface area contributed by atoms with Gasteiger partial charge in [-0.1, -0.05) is 53.1 Å². The van der Waals surface area contributed by atoms with Crippen molar-refractivity contribution in [2.75, 3.05) is 0 Å². The summed E-state index contributed by atoms with van der Waals surface area (Å²) in [5.41, 5.74) is 3.65. The van der Waals surface area contributed by atoms with Gasteiger partial charge in [0.2, 0.25) is 0 Å². The van der Waals surface area contributed by atoms with E-state index in [1.807, 2.05) is 24.3 Å². The first-order chi connectivity index (χ1) is 13.9. The van der Waals surface area contributed by atoms with E-state index in [2.05, 4.69) is 26.0 Å². The van der Waals surface area contributed by atoms with Crippen molar-refractivity contribution in [2.24, 2.45) is 5.92 Å². The average Bonchev–Trinajstić information content (AvgIpc) is 2.67. The zero-order chi connectivity index (χ0) is 21.0. The molecule has 0 radical (unpaired) electrons. The number of allylic oxidation sites excluding steroid dienone is 4. The van der Waals surface area contributed by atoms with Gasteiger partial charge in [0.15, 0.2) is 5.78 Å². The van der Waals surface area contributed by atoms with Crippen LogP contribution >= 0.6 is 11.6 Å². The van der Waals surface area contributed by atoms with Crippen LogP contribution in [0, 0.1) is 5.92 Å². The fourth-order valence-electron chi connectivity index (χ4n) is 4.06. The smallest absolute Gasteiger partial charge is 0.174 e. The Morgan fingerprint density at radius 2 is 1.83 bits per heavy atom. The molecule has 2 N–H and O–H groups in total. The van der Waals surface area contributed by atoms with Crippen molar-refractivity contribution in [1.29, 1.82) is 0 Å². The summed E-state index contributed by atoms with van der Waals surface area (Å²) in [6.45, 7) is 4.19. The number of Topliss-reactive ketones (excluding diaryl/α,β-unsaturated/α-hetero) is 1. The summed E-state index contributed by atoms with van der Waals surface area (Å²) in [7, 11) is 0. The monoisotopic (exact) mass is 410 g/mol. The van der Waals surface area contributed by atoms with E-state index in [1.54, 1.807) is 0 Å². The highest BCUT2D eigenvalue weighted by Crippen LogP contribution is 2.43. The standard InChI is InChI=1S/C25H27ClO3/c1-16(2)6-3-7-17-12-13-20(21(14-17)18-8-4-9-19(26)15-18)25(29)24-22(27)10-5-11-23(24)28/h4-6,8-12,15,20-21,27-28H,3,7,13-14H2,1-2H3/t20-,21+/m0/s1. The molecule has 0 heterocycles. The molecule has 0 aromatic heterocycles. The van der Waals surface area contributed by atoms with Crippen LogP contribution in [0.25, 0.3) is 0 Å². The van der Waals surface area contributed by atoms with E-state index in [4.69, 9.17) is 11.6 Å². The van der Waals surface area contributed by atoms with Crippen LogP contribution in [0.15, 0.2) is 65.8 Å². The average molecular weight is 411 g/mol. The van der Waals surface area contributed by atoms with Crippen molar-refractivity contribution in [1.82, 2.24) is 0 Å². The molecule has 1 aliphatic carbocycles. The number of phenols is 2. The molecule has 0 bridgehead atoms. The van der Waals surface area contributed by atoms with E-state index in [1.165, 1.54) is 29.3 Å². The predicted octanol–water partition coefficient (Wildman–Crippen LogP) is 6.80. The Morgan fingerprint density at radius 3 is 2.48 bits per heavy atom. The molecule has 3 nitrogen and oxygen atoms in total. The molecule has 0 spiro atoms. The van der Waals surface area contributed by atoms with Gasteiger partial charge < -0.3 is 10.2 Å². The summed E-state index contributed by atoms with van der Waals surface area (Å²) in [5, 5.41) is 21.0. The Hall–Kier alpha value is -2.52. The van der Waals surface area contributed by atoms with Gasteiger partial charge in [0.1, 0.15) is 17.1 Å². The summed E-state index contributed by atoms with van der Waals surface area (Å²) >= 11 is 6.23. The molecule has 152 valence electrons. The first-order valence-electron chi connectivity index (χ1n) is 9.98. The highest BCUT2D eigenvalue weighted by atomic mass is 35.5. The number of hydrogen-bond donors (Lipinski definition) is 2. The summed E-state index contributed by atoms with van der Waals surface area (Å²) in [5.74, 6) is -1.01. The molecule has 0 saturated heterocycles. The highest BCUT2D eigenvalue weighted by Gasteiger charge is 2.35. The lowest BCUT2D eigenvalue weighted by atomic mass is 9.72. The summed E-state index contributed by atoms with van der Waals surface area (Å²) in [6, 6.07) is 12.0. The van der Waals surface area contributed by atoms with Crippen LogP contribution in [0.1, 0.15) is 61.4 Å². The Morgan fingerprint density at radius 1 is 1.14 bits per heavy atom. The fraction of sp³-hybridized carbons (Fsp3) is 0.320. The van der Waals surface area contributed by atoms with Gasteiger partial charge in [-0.15, -0.1) is 0 Å². The largest absolute Gasteiger partial charge is 0.507 e. The maximum atomic E-state index is 13.3. The molecular formula is C25H27ClO3. The molecule has 29 heavy (non-hydrogen) atoms. The van der Waals surface area contributed by atoms with Crippen molar-refractivity contribution in [2.45, 2.75) is 45.4 Å². The topological polar surface area (TPSA) is 57.5 Å². The first-order valence-corrected chi connectivity index (χ1v) is 10.4. The number of phenolic OH excluding ortho intramolecular Hbond substituents is 2. The molecule has 4 heteroatoms. The molecule has 2 aromatic rings. The Bertz CT molecular complexity index is 934.